The van der Waals surface area contributed by atoms with Gasteiger partial charge in [0.2, 0.25) is 11.9 Å². The molecule has 0 aliphatic heterocycles. The van der Waals surface area contributed by atoms with E-state index in [1.165, 1.54) is 18.2 Å². The zero-order chi connectivity index (χ0) is 24.9. The summed E-state index contributed by atoms with van der Waals surface area (Å²) in [4.78, 5) is 25.2. The summed E-state index contributed by atoms with van der Waals surface area (Å²) in [5.74, 6) is -0.324. The highest BCUT2D eigenvalue weighted by molar-refractivity contribution is 6.01. The van der Waals surface area contributed by atoms with Gasteiger partial charge < -0.3 is 20.4 Å². The molecule has 0 aliphatic carbocycles. The van der Waals surface area contributed by atoms with E-state index in [9.17, 15) is 9.18 Å². The van der Waals surface area contributed by atoms with Gasteiger partial charge >= 0.3 is 0 Å². The molecule has 0 unspecified atom stereocenters. The summed E-state index contributed by atoms with van der Waals surface area (Å²) < 4.78 is 15.3. The number of carbonyl (C=O) groups is 1. The Hall–Kier alpha value is -4.31. The minimum absolute atomic E-state index is 0.305. The van der Waals surface area contributed by atoms with Crippen molar-refractivity contribution < 1.29 is 9.18 Å². The number of benzene rings is 2. The van der Waals surface area contributed by atoms with E-state index < -0.39 is 0 Å². The van der Waals surface area contributed by atoms with Gasteiger partial charge in [0.15, 0.2) is 5.65 Å². The molecule has 2 heterocycles. The summed E-state index contributed by atoms with van der Waals surface area (Å²) in [5, 5.41) is 11.1. The third-order valence-electron chi connectivity index (χ3n) is 5.35. The third-order valence-corrected chi connectivity index (χ3v) is 5.35. The van der Waals surface area contributed by atoms with Crippen LogP contribution in [0.2, 0.25) is 0 Å². The second-order valence-corrected chi connectivity index (χ2v) is 8.28. The molecule has 10 heteroatoms. The van der Waals surface area contributed by atoms with Crippen LogP contribution in [-0.4, -0.2) is 64.8 Å². The summed E-state index contributed by atoms with van der Waals surface area (Å²) in [6.45, 7) is 5.18. The molecule has 0 atom stereocenters. The quantitative estimate of drug-likeness (QED) is 0.356. The number of hydrogen-bond donors (Lipinski definition) is 2. The lowest BCUT2D eigenvalue weighted by molar-refractivity contribution is -0.111. The minimum Gasteiger partial charge on any atom is -0.372 e. The average Bonchev–Trinajstić information content (AvgIpc) is 3.26. The Bertz CT molecular complexity index is 1370. The van der Waals surface area contributed by atoms with Crippen molar-refractivity contribution in [2.24, 2.45) is 0 Å². The van der Waals surface area contributed by atoms with Crippen LogP contribution in [0, 0.1) is 5.82 Å². The molecule has 0 bridgehead atoms. The molecule has 0 saturated carbocycles. The number of rotatable bonds is 9. The largest absolute Gasteiger partial charge is 0.372 e. The normalized spacial score (nSPS) is 11.0. The Balaban J connectivity index is 1.64. The number of likely N-dealkylation sites (N-methyl/N-ethyl adjacent to an activating group) is 2. The van der Waals surface area contributed by atoms with Gasteiger partial charge in [-0.1, -0.05) is 12.6 Å². The molecule has 0 radical (unpaired) electrons. The molecule has 180 valence electrons. The highest BCUT2D eigenvalue weighted by Crippen LogP contribution is 2.30. The van der Waals surface area contributed by atoms with Gasteiger partial charge in [0.25, 0.3) is 0 Å². The lowest BCUT2D eigenvalue weighted by atomic mass is 10.2. The van der Waals surface area contributed by atoms with Crippen LogP contribution in [0.4, 0.5) is 27.4 Å². The maximum absolute atomic E-state index is 13.7. The molecular formula is C25H27FN8O. The molecule has 2 N–H and O–H groups in total. The average molecular weight is 475 g/mol. The SMILES string of the molecule is C=CC(=O)Nc1cc(Nc2ncc3cnn(-c4cccc(F)c4)c3n2)ccc1N(C)CCN(C)C. The van der Waals surface area contributed by atoms with Crippen LogP contribution in [-0.2, 0) is 4.79 Å². The number of anilines is 4. The lowest BCUT2D eigenvalue weighted by Crippen LogP contribution is -2.29. The zero-order valence-electron chi connectivity index (χ0n) is 19.9. The maximum atomic E-state index is 13.7. The van der Waals surface area contributed by atoms with Crippen molar-refractivity contribution >= 4 is 40.0 Å². The molecule has 2 aromatic carbocycles. The summed E-state index contributed by atoms with van der Waals surface area (Å²) in [7, 11) is 6.00. The van der Waals surface area contributed by atoms with Gasteiger partial charge in [-0.15, -0.1) is 0 Å². The lowest BCUT2D eigenvalue weighted by Gasteiger charge is -2.24. The molecule has 0 saturated heterocycles. The predicted molar refractivity (Wildman–Crippen MR) is 137 cm³/mol. The highest BCUT2D eigenvalue weighted by Gasteiger charge is 2.13. The molecule has 9 nitrogen and oxygen atoms in total. The number of carbonyl (C=O) groups excluding carboxylic acids is 1. The van der Waals surface area contributed by atoms with Crippen molar-refractivity contribution in [2.45, 2.75) is 0 Å². The topological polar surface area (TPSA) is 91.2 Å². The number of fused-ring (bicyclic) bond motifs is 1. The molecule has 35 heavy (non-hydrogen) atoms. The summed E-state index contributed by atoms with van der Waals surface area (Å²) >= 11 is 0. The van der Waals surface area contributed by atoms with Crippen molar-refractivity contribution in [3.63, 3.8) is 0 Å². The van der Waals surface area contributed by atoms with Crippen LogP contribution >= 0.6 is 0 Å². The van der Waals surface area contributed by atoms with Crippen LogP contribution < -0.4 is 15.5 Å². The Morgan fingerprint density at radius 2 is 1.97 bits per heavy atom. The van der Waals surface area contributed by atoms with Crippen LogP contribution in [0.25, 0.3) is 16.7 Å². The number of halogens is 1. The van der Waals surface area contributed by atoms with E-state index in [-0.39, 0.29) is 11.7 Å². The van der Waals surface area contributed by atoms with Crippen LogP contribution in [0.5, 0.6) is 0 Å². The monoisotopic (exact) mass is 474 g/mol. The zero-order valence-corrected chi connectivity index (χ0v) is 19.9. The number of aromatic nitrogens is 4. The van der Waals surface area contributed by atoms with E-state index in [4.69, 9.17) is 0 Å². The van der Waals surface area contributed by atoms with Gasteiger partial charge in [0.1, 0.15) is 5.82 Å². The van der Waals surface area contributed by atoms with Crippen molar-refractivity contribution in [1.29, 1.82) is 0 Å². The van der Waals surface area contributed by atoms with Crippen LogP contribution in [0.3, 0.4) is 0 Å². The van der Waals surface area contributed by atoms with E-state index in [1.54, 1.807) is 29.2 Å². The first-order chi connectivity index (χ1) is 16.8. The Labute approximate surface area is 202 Å². The summed E-state index contributed by atoms with van der Waals surface area (Å²) in [6.07, 6.45) is 4.51. The minimum atomic E-state index is -0.358. The Morgan fingerprint density at radius 3 is 2.71 bits per heavy atom. The Kier molecular flexibility index (Phi) is 7.02. The molecule has 4 aromatic rings. The molecule has 0 fully saturated rings. The molecule has 1 amide bonds. The van der Waals surface area contributed by atoms with Gasteiger partial charge in [-0.25, -0.2) is 14.1 Å². The number of nitrogens with one attached hydrogen (secondary N) is 2. The summed E-state index contributed by atoms with van der Waals surface area (Å²) in [5.41, 5.74) is 3.28. The van der Waals surface area contributed by atoms with Crippen LogP contribution in [0.1, 0.15) is 0 Å². The van der Waals surface area contributed by atoms with E-state index in [1.807, 2.05) is 39.3 Å². The second-order valence-electron chi connectivity index (χ2n) is 8.28. The fourth-order valence-electron chi connectivity index (χ4n) is 3.50. The third kappa shape index (κ3) is 5.61. The predicted octanol–water partition coefficient (Wildman–Crippen LogP) is 3.82. The van der Waals surface area contributed by atoms with E-state index >= 15 is 0 Å². The van der Waals surface area contributed by atoms with E-state index in [2.05, 4.69) is 42.1 Å². The first-order valence-electron chi connectivity index (χ1n) is 11.0. The van der Waals surface area contributed by atoms with Crippen molar-refractivity contribution in [2.75, 3.05) is 49.8 Å². The van der Waals surface area contributed by atoms with Crippen molar-refractivity contribution in [1.82, 2.24) is 24.6 Å². The van der Waals surface area contributed by atoms with Crippen LogP contribution in [0.15, 0.2) is 67.5 Å². The highest BCUT2D eigenvalue weighted by atomic mass is 19.1. The van der Waals surface area contributed by atoms with Gasteiger partial charge in [0.05, 0.1) is 28.6 Å². The molecule has 4 rings (SSSR count). The van der Waals surface area contributed by atoms with E-state index in [0.717, 1.165) is 24.2 Å². The number of hydrogen-bond acceptors (Lipinski definition) is 7. The van der Waals surface area contributed by atoms with E-state index in [0.29, 0.717) is 28.7 Å². The second kappa shape index (κ2) is 10.3. The smallest absolute Gasteiger partial charge is 0.247 e. The number of nitrogens with zero attached hydrogens (tertiary/aromatic N) is 6. The first kappa shape index (κ1) is 23.8. The number of amides is 1. The Morgan fingerprint density at radius 1 is 1.14 bits per heavy atom. The fraction of sp³-hybridized carbons (Fsp3) is 0.200. The molecule has 0 aliphatic rings. The molecular weight excluding hydrogens is 447 g/mol. The van der Waals surface area contributed by atoms with Gasteiger partial charge in [-0.3, -0.25) is 4.79 Å². The standard InChI is InChI=1S/C25H27FN8O/c1-5-23(35)30-21-14-19(9-10-22(21)33(4)12-11-32(2)3)29-25-27-15-17-16-28-34(24(17)31-25)20-8-6-7-18(26)13-20/h5-10,13-16H,1,11-12H2,2-4H3,(H,30,35)(H,27,29,31). The van der Waals surface area contributed by atoms with Crippen molar-refractivity contribution in [3.05, 3.63) is 73.3 Å². The first-order valence-corrected chi connectivity index (χ1v) is 11.0. The van der Waals surface area contributed by atoms with Gasteiger partial charge in [-0.2, -0.15) is 10.1 Å². The van der Waals surface area contributed by atoms with Crippen molar-refractivity contribution in [3.8, 4) is 5.69 Å². The molecule has 0 spiro atoms. The molecule has 2 aromatic heterocycles. The van der Waals surface area contributed by atoms with Gasteiger partial charge in [-0.05, 0) is 56.6 Å². The fourth-order valence-corrected chi connectivity index (χ4v) is 3.50. The van der Waals surface area contributed by atoms with Gasteiger partial charge in [0, 0.05) is 32.0 Å². The summed E-state index contributed by atoms with van der Waals surface area (Å²) in [6, 6.07) is 11.8. The maximum Gasteiger partial charge on any atom is 0.247 e.